The molecule has 7 nitrogen and oxygen atoms in total. The highest BCUT2D eigenvalue weighted by Crippen LogP contribution is 2.20. The van der Waals surface area contributed by atoms with Crippen LogP contribution in [0.5, 0.6) is 5.75 Å². The number of carbonyl (C=O) groups is 1. The van der Waals surface area contributed by atoms with Crippen molar-refractivity contribution in [1.29, 1.82) is 0 Å². The normalized spacial score (nSPS) is 10.9. The molecule has 0 saturated carbocycles. The predicted octanol–water partition coefficient (Wildman–Crippen LogP) is 5.02. The van der Waals surface area contributed by atoms with Crippen LogP contribution in [0.1, 0.15) is 34.8 Å². The Morgan fingerprint density at radius 3 is 2.12 bits per heavy atom. The number of ether oxygens (including phenoxy) is 1. The first-order valence-electron chi connectivity index (χ1n) is 10.7. The molecule has 0 fully saturated rings. The zero-order chi connectivity index (χ0) is 24.7. The highest BCUT2D eigenvalue weighted by Gasteiger charge is 2.15. The number of rotatable bonds is 8. The van der Waals surface area contributed by atoms with Crippen LogP contribution in [0.2, 0.25) is 0 Å². The molecule has 0 atom stereocenters. The standard InChI is InChI=1S/C25H27N3O4S2/c1-4-13-32-22-9-5-19(6-10-22)24(29)27-25(33)26-20-7-11-23(12-8-20)34(30,31)28-21-15-17(2)14-18(3)16-21/h5-12,14-16,28H,4,13H2,1-3H3,(H2,26,27,29,33). The van der Waals surface area contributed by atoms with Crippen LogP contribution in [-0.2, 0) is 10.0 Å². The zero-order valence-corrected chi connectivity index (χ0v) is 20.8. The van der Waals surface area contributed by atoms with Gasteiger partial charge < -0.3 is 10.1 Å². The van der Waals surface area contributed by atoms with Crippen LogP contribution in [0.4, 0.5) is 11.4 Å². The fraction of sp³-hybridized carbons (Fsp3) is 0.200. The summed E-state index contributed by atoms with van der Waals surface area (Å²) in [6, 6.07) is 18.4. The Hall–Kier alpha value is -3.43. The van der Waals surface area contributed by atoms with Gasteiger partial charge in [-0.05, 0) is 104 Å². The molecule has 0 aliphatic rings. The van der Waals surface area contributed by atoms with Gasteiger partial charge in [0.1, 0.15) is 5.75 Å². The molecule has 9 heteroatoms. The summed E-state index contributed by atoms with van der Waals surface area (Å²) in [4.78, 5) is 12.5. The van der Waals surface area contributed by atoms with Crippen LogP contribution in [0.3, 0.4) is 0 Å². The molecule has 1 amide bonds. The Morgan fingerprint density at radius 2 is 1.53 bits per heavy atom. The van der Waals surface area contributed by atoms with Gasteiger partial charge in [-0.3, -0.25) is 14.8 Å². The number of sulfonamides is 1. The quantitative estimate of drug-likeness (QED) is 0.378. The Kier molecular flexibility index (Phi) is 8.25. The molecule has 0 aliphatic heterocycles. The Morgan fingerprint density at radius 1 is 0.912 bits per heavy atom. The Bertz CT molecular complexity index is 1250. The van der Waals surface area contributed by atoms with Gasteiger partial charge in [0.25, 0.3) is 15.9 Å². The summed E-state index contributed by atoms with van der Waals surface area (Å²) >= 11 is 5.21. The van der Waals surface area contributed by atoms with E-state index in [0.717, 1.165) is 17.5 Å². The predicted molar refractivity (Wildman–Crippen MR) is 139 cm³/mol. The minimum Gasteiger partial charge on any atom is -0.494 e. The van der Waals surface area contributed by atoms with Gasteiger partial charge >= 0.3 is 0 Å². The Labute approximate surface area is 205 Å². The highest BCUT2D eigenvalue weighted by atomic mass is 32.2. The van der Waals surface area contributed by atoms with Gasteiger partial charge in [-0.25, -0.2) is 8.42 Å². The third-order valence-electron chi connectivity index (χ3n) is 4.71. The van der Waals surface area contributed by atoms with Gasteiger partial charge in [0.15, 0.2) is 5.11 Å². The minimum absolute atomic E-state index is 0.0975. The number of aryl methyl sites for hydroxylation is 2. The van der Waals surface area contributed by atoms with Crippen molar-refractivity contribution in [1.82, 2.24) is 5.32 Å². The summed E-state index contributed by atoms with van der Waals surface area (Å²) in [6.45, 7) is 6.45. The fourth-order valence-corrected chi connectivity index (χ4v) is 4.48. The van der Waals surface area contributed by atoms with Crippen molar-refractivity contribution >= 4 is 44.6 Å². The molecule has 178 valence electrons. The second kappa shape index (κ2) is 11.1. The van der Waals surface area contributed by atoms with E-state index < -0.39 is 10.0 Å². The molecular weight excluding hydrogens is 470 g/mol. The first-order valence-corrected chi connectivity index (χ1v) is 12.6. The van der Waals surface area contributed by atoms with Crippen LogP contribution < -0.4 is 20.1 Å². The molecule has 3 rings (SSSR count). The van der Waals surface area contributed by atoms with E-state index in [1.54, 1.807) is 48.5 Å². The van der Waals surface area contributed by atoms with E-state index in [0.29, 0.717) is 29.3 Å². The van der Waals surface area contributed by atoms with Crippen LogP contribution >= 0.6 is 12.2 Å². The van der Waals surface area contributed by atoms with Crippen molar-refractivity contribution in [3.63, 3.8) is 0 Å². The summed E-state index contributed by atoms with van der Waals surface area (Å²) in [7, 11) is -3.75. The lowest BCUT2D eigenvalue weighted by Gasteiger charge is -2.12. The molecule has 0 spiro atoms. The van der Waals surface area contributed by atoms with E-state index in [-0.39, 0.29) is 15.9 Å². The monoisotopic (exact) mass is 497 g/mol. The van der Waals surface area contributed by atoms with Gasteiger partial charge in [0.05, 0.1) is 11.5 Å². The van der Waals surface area contributed by atoms with Crippen molar-refractivity contribution in [3.05, 3.63) is 83.4 Å². The van der Waals surface area contributed by atoms with Gasteiger partial charge in [0, 0.05) is 16.9 Å². The third kappa shape index (κ3) is 7.03. The number of carbonyl (C=O) groups excluding carboxylic acids is 1. The number of anilines is 2. The first-order chi connectivity index (χ1) is 16.2. The molecule has 0 aromatic heterocycles. The Balaban J connectivity index is 1.59. The first kappa shape index (κ1) is 25.2. The third-order valence-corrected chi connectivity index (χ3v) is 6.31. The number of thiocarbonyl (C=S) groups is 1. The lowest BCUT2D eigenvalue weighted by Crippen LogP contribution is -2.34. The van der Waals surface area contributed by atoms with E-state index in [4.69, 9.17) is 17.0 Å². The maximum atomic E-state index is 12.7. The molecule has 0 radical (unpaired) electrons. The number of hydrogen-bond donors (Lipinski definition) is 3. The van der Waals surface area contributed by atoms with E-state index >= 15 is 0 Å². The lowest BCUT2D eigenvalue weighted by atomic mass is 10.1. The van der Waals surface area contributed by atoms with Crippen molar-refractivity contribution in [3.8, 4) is 5.75 Å². The van der Waals surface area contributed by atoms with E-state index in [2.05, 4.69) is 15.4 Å². The summed E-state index contributed by atoms with van der Waals surface area (Å²) in [5.41, 5.74) is 3.42. The largest absolute Gasteiger partial charge is 0.494 e. The van der Waals surface area contributed by atoms with Gasteiger partial charge in [-0.2, -0.15) is 0 Å². The van der Waals surface area contributed by atoms with Crippen LogP contribution in [0, 0.1) is 13.8 Å². The maximum Gasteiger partial charge on any atom is 0.261 e. The molecule has 0 unspecified atom stereocenters. The molecule has 3 aromatic carbocycles. The van der Waals surface area contributed by atoms with E-state index in [1.165, 1.54) is 12.1 Å². The van der Waals surface area contributed by atoms with Gasteiger partial charge in [-0.15, -0.1) is 0 Å². The molecule has 0 heterocycles. The fourth-order valence-electron chi connectivity index (χ4n) is 3.23. The van der Waals surface area contributed by atoms with Crippen molar-refractivity contribution in [2.24, 2.45) is 0 Å². The summed E-state index contributed by atoms with van der Waals surface area (Å²) < 4.78 is 33.5. The zero-order valence-electron chi connectivity index (χ0n) is 19.2. The smallest absolute Gasteiger partial charge is 0.261 e. The number of amides is 1. The molecule has 3 aromatic rings. The lowest BCUT2D eigenvalue weighted by molar-refractivity contribution is 0.0977. The second-order valence-electron chi connectivity index (χ2n) is 7.79. The number of hydrogen-bond acceptors (Lipinski definition) is 5. The van der Waals surface area contributed by atoms with Crippen LogP contribution in [0.15, 0.2) is 71.6 Å². The molecule has 0 saturated heterocycles. The van der Waals surface area contributed by atoms with Gasteiger partial charge in [-0.1, -0.05) is 13.0 Å². The SMILES string of the molecule is CCCOc1ccc(C(=O)NC(=S)Nc2ccc(S(=O)(=O)Nc3cc(C)cc(C)c3)cc2)cc1. The average Bonchev–Trinajstić information content (AvgIpc) is 2.77. The van der Waals surface area contributed by atoms with Crippen molar-refractivity contribution in [2.45, 2.75) is 32.1 Å². The van der Waals surface area contributed by atoms with E-state index in [9.17, 15) is 13.2 Å². The van der Waals surface area contributed by atoms with E-state index in [1.807, 2.05) is 26.8 Å². The molecule has 3 N–H and O–H groups in total. The summed E-state index contributed by atoms with van der Waals surface area (Å²) in [5.74, 6) is 0.331. The number of nitrogens with one attached hydrogen (secondary N) is 3. The van der Waals surface area contributed by atoms with Crippen LogP contribution in [0.25, 0.3) is 0 Å². The topological polar surface area (TPSA) is 96.5 Å². The van der Waals surface area contributed by atoms with Crippen molar-refractivity contribution < 1.29 is 17.9 Å². The molecule has 0 bridgehead atoms. The molecule has 0 aliphatic carbocycles. The minimum atomic E-state index is -3.75. The van der Waals surface area contributed by atoms with Crippen molar-refractivity contribution in [2.75, 3.05) is 16.6 Å². The average molecular weight is 498 g/mol. The molecular formula is C25H27N3O4S2. The second-order valence-corrected chi connectivity index (χ2v) is 9.88. The number of benzene rings is 3. The van der Waals surface area contributed by atoms with Crippen LogP contribution in [-0.4, -0.2) is 26.0 Å². The molecule has 34 heavy (non-hydrogen) atoms. The maximum absolute atomic E-state index is 12.7. The van der Waals surface area contributed by atoms with Gasteiger partial charge in [0.2, 0.25) is 0 Å². The summed E-state index contributed by atoms with van der Waals surface area (Å²) in [6.07, 6.45) is 0.901. The highest BCUT2D eigenvalue weighted by molar-refractivity contribution is 7.92. The summed E-state index contributed by atoms with van der Waals surface area (Å²) in [5, 5.41) is 5.59.